The first-order chi connectivity index (χ1) is 18.6. The minimum absolute atomic E-state index is 0.439. The molecule has 0 unspecified atom stereocenters. The van der Waals surface area contributed by atoms with Crippen molar-refractivity contribution in [1.29, 1.82) is 0 Å². The molecule has 0 radical (unpaired) electrons. The van der Waals surface area contributed by atoms with Crippen molar-refractivity contribution in [3.8, 4) is 11.1 Å². The molecule has 0 saturated carbocycles. The van der Waals surface area contributed by atoms with Crippen molar-refractivity contribution in [3.63, 3.8) is 0 Å². The van der Waals surface area contributed by atoms with Gasteiger partial charge >= 0.3 is 0 Å². The van der Waals surface area contributed by atoms with Crippen LogP contribution in [0.2, 0.25) is 5.02 Å². The molecule has 0 bridgehead atoms. The second kappa shape index (κ2) is 9.77. The third-order valence-corrected chi connectivity index (χ3v) is 7.52. The molecule has 0 saturated heterocycles. The zero-order valence-electron chi connectivity index (χ0n) is 20.9. The fourth-order valence-corrected chi connectivity index (χ4v) is 5.75. The summed E-state index contributed by atoms with van der Waals surface area (Å²) in [6.07, 6.45) is 0.779. The lowest BCUT2D eigenvalue weighted by molar-refractivity contribution is 0.112. The van der Waals surface area contributed by atoms with Gasteiger partial charge in [-0.15, -0.1) is 0 Å². The quantitative estimate of drug-likeness (QED) is 0.166. The van der Waals surface area contributed by atoms with E-state index in [0.29, 0.717) is 10.6 Å². The van der Waals surface area contributed by atoms with Gasteiger partial charge in [0.2, 0.25) is 0 Å². The Bertz CT molecular complexity index is 1650. The molecule has 1 heterocycles. The van der Waals surface area contributed by atoms with Crippen LogP contribution in [0.1, 0.15) is 32.9 Å². The maximum atomic E-state index is 11.3. The number of hydrogen-bond acceptors (Lipinski definition) is 2. The topological polar surface area (TPSA) is 34.9 Å². The number of halogens is 1. The molecule has 6 aromatic rings. The molecule has 0 spiro atoms. The second-order valence-corrected chi connectivity index (χ2v) is 9.77. The maximum Gasteiger partial charge on any atom is 0.151 e. The average Bonchev–Trinajstić information content (AvgIpc) is 3.30. The Morgan fingerprint density at radius 1 is 0.684 bits per heavy atom. The van der Waals surface area contributed by atoms with Gasteiger partial charge in [0.15, 0.2) is 6.29 Å². The smallest absolute Gasteiger partial charge is 0.151 e. The summed E-state index contributed by atoms with van der Waals surface area (Å²) in [7, 11) is 0. The van der Waals surface area contributed by atoms with Crippen LogP contribution >= 0.6 is 11.6 Å². The number of hydrogen-bond donors (Lipinski definition) is 0. The molecule has 0 aliphatic rings. The monoisotopic (exact) mass is 512 g/mol. The molecule has 6 rings (SSSR count). The van der Waals surface area contributed by atoms with Crippen molar-refractivity contribution in [3.05, 3.63) is 160 Å². The summed E-state index contributed by atoms with van der Waals surface area (Å²) in [6, 6.07) is 43.6. The highest BCUT2D eigenvalue weighted by Gasteiger charge is 2.40. The zero-order chi connectivity index (χ0) is 26.1. The van der Waals surface area contributed by atoms with E-state index in [1.54, 1.807) is 6.07 Å². The number of carbonyl (C=O) groups excluding carboxylic acids is 1. The van der Waals surface area contributed by atoms with E-state index in [2.05, 4.69) is 102 Å². The first kappa shape index (κ1) is 23.9. The minimum atomic E-state index is -0.666. The van der Waals surface area contributed by atoms with Gasteiger partial charge in [0.1, 0.15) is 11.4 Å². The van der Waals surface area contributed by atoms with Gasteiger partial charge in [0, 0.05) is 5.56 Å². The third kappa shape index (κ3) is 3.84. The summed E-state index contributed by atoms with van der Waals surface area (Å²) < 4.78 is 2.35. The molecule has 0 fully saturated rings. The van der Waals surface area contributed by atoms with Gasteiger partial charge < -0.3 is 4.57 Å². The maximum absolute atomic E-state index is 11.3. The number of aldehydes is 1. The molecule has 38 heavy (non-hydrogen) atoms. The van der Waals surface area contributed by atoms with Crippen LogP contribution in [-0.4, -0.2) is 15.8 Å². The largest absolute Gasteiger partial charge is 0.309 e. The van der Waals surface area contributed by atoms with Crippen LogP contribution in [0.15, 0.2) is 127 Å². The molecule has 5 aromatic carbocycles. The van der Waals surface area contributed by atoms with E-state index in [1.807, 2.05) is 30.3 Å². The molecule has 3 nitrogen and oxygen atoms in total. The lowest BCUT2D eigenvalue weighted by Crippen LogP contribution is -2.38. The van der Waals surface area contributed by atoms with E-state index >= 15 is 0 Å². The van der Waals surface area contributed by atoms with Gasteiger partial charge in [-0.2, -0.15) is 0 Å². The standard InChI is InChI=1S/C34H25ClN2O/c1-24-36-32-20-19-26(25-17-18-27(23-38)31(35)21-25)22-33(32)37(24)34(28-11-5-2-6-12-28,29-13-7-3-8-14-29)30-15-9-4-10-16-30/h2-23H,1H3. The normalized spacial score (nSPS) is 11.5. The van der Waals surface area contributed by atoms with E-state index in [4.69, 9.17) is 16.6 Å². The number of nitrogens with zero attached hydrogens (tertiary/aromatic N) is 2. The van der Waals surface area contributed by atoms with Gasteiger partial charge in [-0.1, -0.05) is 115 Å². The van der Waals surface area contributed by atoms with Crippen LogP contribution in [0.4, 0.5) is 0 Å². The Morgan fingerprint density at radius 3 is 1.68 bits per heavy atom. The van der Waals surface area contributed by atoms with E-state index < -0.39 is 5.54 Å². The van der Waals surface area contributed by atoms with Crippen molar-refractivity contribution in [2.24, 2.45) is 0 Å². The molecule has 1 aromatic heterocycles. The molecular weight excluding hydrogens is 488 g/mol. The summed E-state index contributed by atoms with van der Waals surface area (Å²) >= 11 is 6.40. The Morgan fingerprint density at radius 2 is 1.18 bits per heavy atom. The summed E-state index contributed by atoms with van der Waals surface area (Å²) in [5.74, 6) is 0.906. The lowest BCUT2D eigenvalue weighted by Gasteiger charge is -2.39. The molecule has 0 aliphatic carbocycles. The number of aromatic nitrogens is 2. The van der Waals surface area contributed by atoms with Crippen molar-refractivity contribution < 1.29 is 4.79 Å². The second-order valence-electron chi connectivity index (χ2n) is 9.36. The van der Waals surface area contributed by atoms with Crippen molar-refractivity contribution in [2.75, 3.05) is 0 Å². The van der Waals surface area contributed by atoms with Crippen LogP contribution in [0.3, 0.4) is 0 Å². The van der Waals surface area contributed by atoms with Crippen LogP contribution in [0.25, 0.3) is 22.2 Å². The lowest BCUT2D eigenvalue weighted by atomic mass is 9.76. The van der Waals surface area contributed by atoms with Crippen molar-refractivity contribution in [1.82, 2.24) is 9.55 Å². The number of aryl methyl sites for hydroxylation is 1. The van der Waals surface area contributed by atoms with Gasteiger partial charge in [0.05, 0.1) is 16.1 Å². The predicted octanol–water partition coefficient (Wildman–Crippen LogP) is 8.32. The van der Waals surface area contributed by atoms with Crippen LogP contribution in [0.5, 0.6) is 0 Å². The molecule has 0 aliphatic heterocycles. The summed E-state index contributed by atoms with van der Waals surface area (Å²) in [4.78, 5) is 16.3. The Hall–Kier alpha value is -4.47. The Kier molecular flexibility index (Phi) is 6.15. The molecule has 184 valence electrons. The highest BCUT2D eigenvalue weighted by atomic mass is 35.5. The molecule has 0 N–H and O–H groups in total. The van der Waals surface area contributed by atoms with Gasteiger partial charge in [0.25, 0.3) is 0 Å². The number of rotatable bonds is 6. The highest BCUT2D eigenvalue weighted by molar-refractivity contribution is 6.33. The fourth-order valence-electron chi connectivity index (χ4n) is 5.53. The zero-order valence-corrected chi connectivity index (χ0v) is 21.6. The molecule has 0 atom stereocenters. The van der Waals surface area contributed by atoms with Crippen LogP contribution < -0.4 is 0 Å². The third-order valence-electron chi connectivity index (χ3n) is 7.19. The number of fused-ring (bicyclic) bond motifs is 1. The minimum Gasteiger partial charge on any atom is -0.309 e. The van der Waals surface area contributed by atoms with Gasteiger partial charge in [-0.05, 0) is 59.0 Å². The number of imidazole rings is 1. The highest BCUT2D eigenvalue weighted by Crippen LogP contribution is 2.44. The van der Waals surface area contributed by atoms with Gasteiger partial charge in [-0.3, -0.25) is 4.79 Å². The average molecular weight is 513 g/mol. The van der Waals surface area contributed by atoms with E-state index in [9.17, 15) is 4.79 Å². The van der Waals surface area contributed by atoms with Crippen LogP contribution in [0, 0.1) is 6.92 Å². The van der Waals surface area contributed by atoms with Gasteiger partial charge in [-0.25, -0.2) is 4.98 Å². The van der Waals surface area contributed by atoms with E-state index in [-0.39, 0.29) is 0 Å². The Balaban J connectivity index is 1.72. The molecule has 0 amide bonds. The summed E-state index contributed by atoms with van der Waals surface area (Å²) in [5.41, 5.74) is 7.10. The van der Waals surface area contributed by atoms with Crippen LogP contribution in [-0.2, 0) is 5.54 Å². The molecular formula is C34H25ClN2O. The predicted molar refractivity (Wildman–Crippen MR) is 155 cm³/mol. The Labute approximate surface area is 227 Å². The fraction of sp³-hybridized carbons (Fsp3) is 0.0588. The first-order valence-corrected chi connectivity index (χ1v) is 12.9. The number of benzene rings is 5. The van der Waals surface area contributed by atoms with E-state index in [1.165, 1.54) is 0 Å². The first-order valence-electron chi connectivity index (χ1n) is 12.5. The SMILES string of the molecule is Cc1nc2ccc(-c3ccc(C=O)c(Cl)c3)cc2n1C(c1ccccc1)(c1ccccc1)c1ccccc1. The van der Waals surface area contributed by atoms with E-state index in [0.717, 1.165) is 51.0 Å². The van der Waals surface area contributed by atoms with Crippen molar-refractivity contribution >= 4 is 28.9 Å². The van der Waals surface area contributed by atoms with Crippen molar-refractivity contribution in [2.45, 2.75) is 12.5 Å². The summed E-state index contributed by atoms with van der Waals surface area (Å²) in [5, 5.41) is 0.439. The summed E-state index contributed by atoms with van der Waals surface area (Å²) in [6.45, 7) is 2.07. The number of carbonyl (C=O) groups is 1. The molecule has 4 heteroatoms.